The minimum Gasteiger partial charge on any atom is -0.467 e. The molecule has 136 valence electrons. The Balaban J connectivity index is 1.32. The fraction of sp³-hybridized carbons (Fsp3) is 0.381. The van der Waals surface area contributed by atoms with E-state index < -0.39 is 0 Å². The highest BCUT2D eigenvalue weighted by Crippen LogP contribution is 2.35. The predicted octanol–water partition coefficient (Wildman–Crippen LogP) is 3.57. The summed E-state index contributed by atoms with van der Waals surface area (Å²) in [5.74, 6) is 1.41. The number of para-hydroxylation sites is 1. The summed E-state index contributed by atoms with van der Waals surface area (Å²) in [5.41, 5.74) is 3.96. The highest BCUT2D eigenvalue weighted by Gasteiger charge is 2.25. The van der Waals surface area contributed by atoms with Crippen molar-refractivity contribution in [2.45, 2.75) is 32.2 Å². The summed E-state index contributed by atoms with van der Waals surface area (Å²) in [6.07, 6.45) is 3.81. The van der Waals surface area contributed by atoms with Crippen LogP contribution in [0, 0.1) is 6.92 Å². The summed E-state index contributed by atoms with van der Waals surface area (Å²) in [6, 6.07) is 12.2. The van der Waals surface area contributed by atoms with Gasteiger partial charge in [0.15, 0.2) is 0 Å². The first-order valence-electron chi connectivity index (χ1n) is 9.29. The SMILES string of the molecule is Cc1[nH]c2ccccc2c1C1CCN(CC(=O)NCc2ccco2)CC1. The van der Waals surface area contributed by atoms with Crippen molar-refractivity contribution >= 4 is 16.8 Å². The number of furan rings is 1. The van der Waals surface area contributed by atoms with Crippen LogP contribution < -0.4 is 5.32 Å². The van der Waals surface area contributed by atoms with Gasteiger partial charge in [-0.05, 0) is 62.5 Å². The number of fused-ring (bicyclic) bond motifs is 1. The molecule has 4 rings (SSSR count). The molecule has 2 N–H and O–H groups in total. The first-order valence-corrected chi connectivity index (χ1v) is 9.29. The number of nitrogens with zero attached hydrogens (tertiary/aromatic N) is 1. The number of aryl methyl sites for hydroxylation is 1. The van der Waals surface area contributed by atoms with E-state index in [1.807, 2.05) is 12.1 Å². The monoisotopic (exact) mass is 351 g/mol. The van der Waals surface area contributed by atoms with Crippen LogP contribution in [0.1, 0.15) is 35.8 Å². The second kappa shape index (κ2) is 7.38. The zero-order chi connectivity index (χ0) is 17.9. The fourth-order valence-electron chi connectivity index (χ4n) is 4.06. The third kappa shape index (κ3) is 3.53. The topological polar surface area (TPSA) is 61.3 Å². The van der Waals surface area contributed by atoms with Crippen molar-refractivity contribution in [2.75, 3.05) is 19.6 Å². The van der Waals surface area contributed by atoms with Crippen molar-refractivity contribution in [3.63, 3.8) is 0 Å². The third-order valence-corrected chi connectivity index (χ3v) is 5.35. The fourth-order valence-corrected chi connectivity index (χ4v) is 4.06. The number of hydrogen-bond acceptors (Lipinski definition) is 3. The van der Waals surface area contributed by atoms with Crippen molar-refractivity contribution in [3.05, 3.63) is 59.7 Å². The predicted molar refractivity (Wildman–Crippen MR) is 102 cm³/mol. The van der Waals surface area contributed by atoms with Crippen LogP contribution in [-0.4, -0.2) is 35.4 Å². The van der Waals surface area contributed by atoms with Crippen LogP contribution in [-0.2, 0) is 11.3 Å². The lowest BCUT2D eigenvalue weighted by Gasteiger charge is -2.31. The molecule has 1 saturated heterocycles. The second-order valence-corrected chi connectivity index (χ2v) is 7.12. The molecule has 1 aliphatic rings. The molecule has 0 aliphatic carbocycles. The average Bonchev–Trinajstić information content (AvgIpc) is 3.27. The van der Waals surface area contributed by atoms with Crippen molar-refractivity contribution in [3.8, 4) is 0 Å². The number of aromatic nitrogens is 1. The van der Waals surface area contributed by atoms with E-state index in [1.54, 1.807) is 6.26 Å². The zero-order valence-electron chi connectivity index (χ0n) is 15.1. The van der Waals surface area contributed by atoms with E-state index in [0.717, 1.165) is 31.7 Å². The smallest absolute Gasteiger partial charge is 0.234 e. The summed E-state index contributed by atoms with van der Waals surface area (Å²) in [7, 11) is 0. The molecule has 3 heterocycles. The zero-order valence-corrected chi connectivity index (χ0v) is 15.1. The van der Waals surface area contributed by atoms with E-state index >= 15 is 0 Å². The number of hydrogen-bond donors (Lipinski definition) is 2. The van der Waals surface area contributed by atoms with E-state index in [4.69, 9.17) is 4.42 Å². The number of nitrogens with one attached hydrogen (secondary N) is 2. The molecule has 0 atom stereocenters. The van der Waals surface area contributed by atoms with Gasteiger partial charge in [0.05, 0.1) is 19.4 Å². The molecule has 1 aromatic carbocycles. The van der Waals surface area contributed by atoms with Gasteiger partial charge in [0.2, 0.25) is 5.91 Å². The van der Waals surface area contributed by atoms with Crippen LogP contribution >= 0.6 is 0 Å². The van der Waals surface area contributed by atoms with Gasteiger partial charge in [-0.15, -0.1) is 0 Å². The summed E-state index contributed by atoms with van der Waals surface area (Å²) in [6.45, 7) is 5.00. The lowest BCUT2D eigenvalue weighted by Crippen LogP contribution is -2.41. The van der Waals surface area contributed by atoms with Gasteiger partial charge in [-0.1, -0.05) is 18.2 Å². The number of H-pyrrole nitrogens is 1. The number of aromatic amines is 1. The largest absolute Gasteiger partial charge is 0.467 e. The maximum absolute atomic E-state index is 12.1. The third-order valence-electron chi connectivity index (χ3n) is 5.35. The van der Waals surface area contributed by atoms with Gasteiger partial charge in [0, 0.05) is 16.6 Å². The standard InChI is InChI=1S/C21H25N3O2/c1-15-21(18-6-2-3-7-19(18)23-15)16-8-10-24(11-9-16)14-20(25)22-13-17-5-4-12-26-17/h2-7,12,16,23H,8-11,13-14H2,1H3,(H,22,25). The summed E-state index contributed by atoms with van der Waals surface area (Å²) >= 11 is 0. The molecule has 1 aliphatic heterocycles. The molecule has 1 fully saturated rings. The molecule has 0 saturated carbocycles. The normalized spacial score (nSPS) is 16.2. The molecule has 5 heteroatoms. The lowest BCUT2D eigenvalue weighted by molar-refractivity contribution is -0.122. The maximum Gasteiger partial charge on any atom is 0.234 e. The Labute approximate surface area is 153 Å². The van der Waals surface area contributed by atoms with Gasteiger partial charge in [0.1, 0.15) is 5.76 Å². The Hall–Kier alpha value is -2.53. The summed E-state index contributed by atoms with van der Waals surface area (Å²) in [5, 5.41) is 4.27. The summed E-state index contributed by atoms with van der Waals surface area (Å²) in [4.78, 5) is 17.9. The minimum atomic E-state index is 0.0584. The molecule has 3 aromatic rings. The summed E-state index contributed by atoms with van der Waals surface area (Å²) < 4.78 is 5.24. The Morgan fingerprint density at radius 2 is 2.04 bits per heavy atom. The van der Waals surface area contributed by atoms with E-state index in [2.05, 4.69) is 46.4 Å². The van der Waals surface area contributed by atoms with E-state index in [1.165, 1.54) is 22.2 Å². The Bertz CT molecular complexity index is 874. The van der Waals surface area contributed by atoms with Crippen molar-refractivity contribution in [1.29, 1.82) is 0 Å². The Kier molecular flexibility index (Phi) is 4.80. The van der Waals surface area contributed by atoms with Gasteiger partial charge >= 0.3 is 0 Å². The average molecular weight is 351 g/mol. The highest BCUT2D eigenvalue weighted by atomic mass is 16.3. The quantitative estimate of drug-likeness (QED) is 0.739. The number of benzene rings is 1. The van der Waals surface area contributed by atoms with Gasteiger partial charge in [-0.3, -0.25) is 9.69 Å². The number of carbonyl (C=O) groups excluding carboxylic acids is 1. The van der Waals surface area contributed by atoms with E-state index in [0.29, 0.717) is 19.0 Å². The molecule has 0 bridgehead atoms. The van der Waals surface area contributed by atoms with Crippen molar-refractivity contribution in [1.82, 2.24) is 15.2 Å². The van der Waals surface area contributed by atoms with Crippen LogP contribution in [0.15, 0.2) is 47.1 Å². The Morgan fingerprint density at radius 1 is 1.23 bits per heavy atom. The Morgan fingerprint density at radius 3 is 2.81 bits per heavy atom. The number of likely N-dealkylation sites (tertiary alicyclic amines) is 1. The number of piperidine rings is 1. The van der Waals surface area contributed by atoms with Crippen LogP contribution in [0.2, 0.25) is 0 Å². The second-order valence-electron chi connectivity index (χ2n) is 7.12. The molecule has 0 unspecified atom stereocenters. The van der Waals surface area contributed by atoms with Gasteiger partial charge in [0.25, 0.3) is 0 Å². The van der Waals surface area contributed by atoms with E-state index in [9.17, 15) is 4.79 Å². The van der Waals surface area contributed by atoms with Crippen LogP contribution in [0.4, 0.5) is 0 Å². The molecular weight excluding hydrogens is 326 g/mol. The van der Waals surface area contributed by atoms with Gasteiger partial charge in [-0.25, -0.2) is 0 Å². The number of rotatable bonds is 5. The number of carbonyl (C=O) groups is 1. The molecule has 1 amide bonds. The van der Waals surface area contributed by atoms with Crippen LogP contribution in [0.25, 0.3) is 10.9 Å². The minimum absolute atomic E-state index is 0.0584. The van der Waals surface area contributed by atoms with E-state index in [-0.39, 0.29) is 5.91 Å². The molecule has 5 nitrogen and oxygen atoms in total. The highest BCUT2D eigenvalue weighted by molar-refractivity contribution is 5.85. The van der Waals surface area contributed by atoms with Gasteiger partial charge in [-0.2, -0.15) is 0 Å². The van der Waals surface area contributed by atoms with Gasteiger partial charge < -0.3 is 14.7 Å². The molecule has 0 spiro atoms. The number of amides is 1. The molecule has 0 radical (unpaired) electrons. The first-order chi connectivity index (χ1) is 12.7. The lowest BCUT2D eigenvalue weighted by atomic mass is 9.87. The maximum atomic E-state index is 12.1. The van der Waals surface area contributed by atoms with Crippen LogP contribution in [0.3, 0.4) is 0 Å². The molecule has 2 aromatic heterocycles. The van der Waals surface area contributed by atoms with Crippen LogP contribution in [0.5, 0.6) is 0 Å². The molecular formula is C21H25N3O2. The van der Waals surface area contributed by atoms with Crippen molar-refractivity contribution < 1.29 is 9.21 Å². The molecule has 26 heavy (non-hydrogen) atoms. The van der Waals surface area contributed by atoms with Crippen molar-refractivity contribution in [2.24, 2.45) is 0 Å². The first kappa shape index (κ1) is 16.9.